The van der Waals surface area contributed by atoms with E-state index in [1.54, 1.807) is 12.1 Å². The molecule has 4 rings (SSSR count). The zero-order chi connectivity index (χ0) is 32.6. The number of nitrogens with zero attached hydrogens (tertiary/aromatic N) is 3. The summed E-state index contributed by atoms with van der Waals surface area (Å²) in [6.07, 6.45) is 3.85. The molecule has 5 N–H and O–H groups in total. The van der Waals surface area contributed by atoms with E-state index in [1.165, 1.54) is 43.1 Å². The molecule has 0 aliphatic carbocycles. The van der Waals surface area contributed by atoms with Crippen LogP contribution in [-0.4, -0.2) is 63.1 Å². The first-order valence-corrected chi connectivity index (χ1v) is 16.0. The number of carbonyl (C=O) groups excluding carboxylic acids is 1. The highest BCUT2D eigenvalue weighted by Gasteiger charge is 2.21. The molecule has 0 aliphatic heterocycles. The summed E-state index contributed by atoms with van der Waals surface area (Å²) in [4.78, 5) is 43.6. The standard InChI is InChI=1S/C28H33F2N6O7PS/c1-28(2,8-11-43-44(38,39)40)34-9-5-10-42-23-14-21-18(13-22(23)41-3)26(33-16-32-21)36-27-31-15-17(45-27)12-24(37)35-20-7-4-6-19(29)25(20)30/h4,6-7,13-16,34H,5,8-12H2,1-3H3,(H,35,37)(H2,38,39,40)(H,31,32,33,36). The summed E-state index contributed by atoms with van der Waals surface area (Å²) in [7, 11) is -2.98. The van der Waals surface area contributed by atoms with Crippen LogP contribution in [0.25, 0.3) is 10.9 Å². The fourth-order valence-electron chi connectivity index (χ4n) is 4.13. The third-order valence-electron chi connectivity index (χ3n) is 6.43. The van der Waals surface area contributed by atoms with Gasteiger partial charge in [0, 0.05) is 28.1 Å². The first kappa shape index (κ1) is 34.1. The number of amides is 1. The predicted molar refractivity (Wildman–Crippen MR) is 165 cm³/mol. The second-order valence-electron chi connectivity index (χ2n) is 10.4. The van der Waals surface area contributed by atoms with Crippen LogP contribution >= 0.6 is 19.2 Å². The number of benzene rings is 2. The Morgan fingerprint density at radius 1 is 1.11 bits per heavy atom. The van der Waals surface area contributed by atoms with E-state index >= 15 is 0 Å². The number of nitrogens with one attached hydrogen (secondary N) is 3. The van der Waals surface area contributed by atoms with Gasteiger partial charge in [0.05, 0.1) is 37.9 Å². The highest BCUT2D eigenvalue weighted by molar-refractivity contribution is 7.46. The van der Waals surface area contributed by atoms with E-state index in [-0.39, 0.29) is 18.7 Å². The van der Waals surface area contributed by atoms with Gasteiger partial charge in [-0.2, -0.15) is 0 Å². The summed E-state index contributed by atoms with van der Waals surface area (Å²) in [5, 5.41) is 9.91. The Labute approximate surface area is 261 Å². The summed E-state index contributed by atoms with van der Waals surface area (Å²) in [6.45, 7) is 4.70. The van der Waals surface area contributed by atoms with Crippen molar-refractivity contribution >= 4 is 52.6 Å². The molecule has 0 bridgehead atoms. The molecule has 0 fully saturated rings. The summed E-state index contributed by atoms with van der Waals surface area (Å²) >= 11 is 1.20. The summed E-state index contributed by atoms with van der Waals surface area (Å²) < 4.78 is 54.2. The molecule has 45 heavy (non-hydrogen) atoms. The molecule has 0 spiro atoms. The van der Waals surface area contributed by atoms with Crippen molar-refractivity contribution in [2.24, 2.45) is 0 Å². The monoisotopic (exact) mass is 666 g/mol. The molecular weight excluding hydrogens is 633 g/mol. The Balaban J connectivity index is 1.33. The fourth-order valence-corrected chi connectivity index (χ4v) is 5.27. The van der Waals surface area contributed by atoms with Gasteiger partial charge in [0.2, 0.25) is 5.91 Å². The Hall–Kier alpha value is -3.79. The van der Waals surface area contributed by atoms with E-state index in [1.807, 2.05) is 13.8 Å². The van der Waals surface area contributed by atoms with Crippen molar-refractivity contribution in [1.29, 1.82) is 0 Å². The third-order valence-corrected chi connectivity index (χ3v) is 7.86. The van der Waals surface area contributed by atoms with Gasteiger partial charge in [-0.3, -0.25) is 9.32 Å². The van der Waals surface area contributed by atoms with Crippen molar-refractivity contribution in [3.05, 3.63) is 59.4 Å². The zero-order valence-electron chi connectivity index (χ0n) is 24.7. The van der Waals surface area contributed by atoms with Crippen LogP contribution in [0, 0.1) is 11.6 Å². The maximum atomic E-state index is 13.9. The predicted octanol–water partition coefficient (Wildman–Crippen LogP) is 4.93. The molecule has 2 heterocycles. The molecule has 2 aromatic carbocycles. The van der Waals surface area contributed by atoms with Crippen molar-refractivity contribution in [3.8, 4) is 11.5 Å². The lowest BCUT2D eigenvalue weighted by molar-refractivity contribution is -0.115. The minimum Gasteiger partial charge on any atom is -0.493 e. The SMILES string of the molecule is COc1cc2c(Nc3ncc(CC(=O)Nc4cccc(F)c4F)s3)ncnc2cc1OCCCNC(C)(C)CCOP(=O)(O)O. The molecule has 0 atom stereocenters. The number of fused-ring (bicyclic) bond motifs is 1. The molecule has 1 amide bonds. The number of methoxy groups -OCH3 is 1. The van der Waals surface area contributed by atoms with Crippen LogP contribution in [0.4, 0.5) is 25.4 Å². The third kappa shape index (κ3) is 10.1. The molecule has 0 radical (unpaired) electrons. The number of phosphoric ester groups is 1. The zero-order valence-corrected chi connectivity index (χ0v) is 26.4. The maximum absolute atomic E-state index is 13.9. The lowest BCUT2D eigenvalue weighted by Crippen LogP contribution is -2.41. The van der Waals surface area contributed by atoms with E-state index in [9.17, 15) is 18.1 Å². The van der Waals surface area contributed by atoms with Gasteiger partial charge in [0.25, 0.3) is 0 Å². The molecule has 0 aliphatic rings. The van der Waals surface area contributed by atoms with Gasteiger partial charge in [-0.05, 0) is 51.4 Å². The maximum Gasteiger partial charge on any atom is 0.469 e. The van der Waals surface area contributed by atoms with E-state index < -0.39 is 30.9 Å². The van der Waals surface area contributed by atoms with Gasteiger partial charge in [-0.25, -0.2) is 28.3 Å². The van der Waals surface area contributed by atoms with Crippen LogP contribution in [0.3, 0.4) is 0 Å². The molecule has 13 nitrogen and oxygen atoms in total. The Bertz CT molecular complexity index is 1690. The van der Waals surface area contributed by atoms with Crippen molar-refractivity contribution < 1.29 is 41.9 Å². The Morgan fingerprint density at radius 3 is 2.67 bits per heavy atom. The number of phosphoric acid groups is 1. The topological polar surface area (TPSA) is 177 Å². The number of aromatic nitrogens is 3. The fraction of sp³-hybridized carbons (Fsp3) is 0.357. The molecular formula is C28H33F2N6O7PS. The molecule has 0 unspecified atom stereocenters. The number of ether oxygens (including phenoxy) is 2. The van der Waals surface area contributed by atoms with Crippen molar-refractivity contribution in [1.82, 2.24) is 20.3 Å². The van der Waals surface area contributed by atoms with E-state index in [4.69, 9.17) is 19.3 Å². The number of thiazole rings is 1. The first-order valence-electron chi connectivity index (χ1n) is 13.7. The quantitative estimate of drug-likeness (QED) is 0.0806. The van der Waals surface area contributed by atoms with Gasteiger partial charge in [-0.15, -0.1) is 11.3 Å². The van der Waals surface area contributed by atoms with E-state index in [0.29, 0.717) is 64.2 Å². The van der Waals surface area contributed by atoms with Gasteiger partial charge < -0.3 is 35.2 Å². The van der Waals surface area contributed by atoms with Crippen LogP contribution in [0.1, 0.15) is 31.6 Å². The second-order valence-corrected chi connectivity index (χ2v) is 12.8. The lowest BCUT2D eigenvalue weighted by Gasteiger charge is -2.26. The van der Waals surface area contributed by atoms with Crippen LogP contribution in [-0.2, 0) is 20.3 Å². The second kappa shape index (κ2) is 15.0. The summed E-state index contributed by atoms with van der Waals surface area (Å²) in [5.41, 5.74) is -0.0542. The van der Waals surface area contributed by atoms with Gasteiger partial charge in [0.15, 0.2) is 28.3 Å². The average Bonchev–Trinajstić information content (AvgIpc) is 3.40. The molecule has 2 aromatic heterocycles. The minimum absolute atomic E-state index is 0.0744. The Kier molecular flexibility index (Phi) is 11.4. The van der Waals surface area contributed by atoms with Crippen molar-refractivity contribution in [3.63, 3.8) is 0 Å². The van der Waals surface area contributed by atoms with Crippen molar-refractivity contribution in [2.45, 2.75) is 38.6 Å². The van der Waals surface area contributed by atoms with Gasteiger partial charge in [-0.1, -0.05) is 6.07 Å². The highest BCUT2D eigenvalue weighted by atomic mass is 32.1. The first-order chi connectivity index (χ1) is 21.3. The Morgan fingerprint density at radius 2 is 1.91 bits per heavy atom. The number of rotatable bonds is 16. The van der Waals surface area contributed by atoms with Crippen LogP contribution in [0.5, 0.6) is 11.5 Å². The number of carbonyl (C=O) groups is 1. The number of hydrogen-bond donors (Lipinski definition) is 5. The molecule has 242 valence electrons. The molecule has 0 saturated carbocycles. The minimum atomic E-state index is -4.49. The number of anilines is 3. The average molecular weight is 667 g/mol. The highest BCUT2D eigenvalue weighted by Crippen LogP contribution is 2.37. The summed E-state index contributed by atoms with van der Waals surface area (Å²) in [6, 6.07) is 7.03. The van der Waals surface area contributed by atoms with Crippen LogP contribution in [0.2, 0.25) is 0 Å². The van der Waals surface area contributed by atoms with Gasteiger partial charge in [0.1, 0.15) is 12.1 Å². The largest absolute Gasteiger partial charge is 0.493 e. The van der Waals surface area contributed by atoms with Gasteiger partial charge >= 0.3 is 7.82 Å². The molecule has 4 aromatic rings. The van der Waals surface area contributed by atoms with E-state index in [0.717, 1.165) is 6.07 Å². The summed E-state index contributed by atoms with van der Waals surface area (Å²) in [5.74, 6) is -1.30. The lowest BCUT2D eigenvalue weighted by atomic mass is 10.0. The number of halogens is 2. The smallest absolute Gasteiger partial charge is 0.469 e. The van der Waals surface area contributed by atoms with E-state index in [2.05, 4.69) is 35.4 Å². The molecule has 17 heteroatoms. The van der Waals surface area contributed by atoms with Crippen LogP contribution in [0.15, 0.2) is 42.9 Å². The van der Waals surface area contributed by atoms with Crippen molar-refractivity contribution in [2.75, 3.05) is 37.5 Å². The number of hydrogen-bond acceptors (Lipinski definition) is 11. The normalized spacial score (nSPS) is 11.9. The molecule has 0 saturated heterocycles. The van der Waals surface area contributed by atoms with Crippen LogP contribution < -0.4 is 25.4 Å².